The number of fused-ring (bicyclic) bond motifs is 1. The molecule has 0 bridgehead atoms. The van der Waals surface area contributed by atoms with Crippen molar-refractivity contribution in [1.82, 2.24) is 0 Å². The molecule has 0 aromatic heterocycles. The Morgan fingerprint density at radius 3 is 2.82 bits per heavy atom. The molecule has 1 amide bonds. The minimum absolute atomic E-state index is 0.0443. The van der Waals surface area contributed by atoms with E-state index < -0.39 is 0 Å². The molecule has 0 saturated carbocycles. The summed E-state index contributed by atoms with van der Waals surface area (Å²) in [6.45, 7) is -0.0443. The van der Waals surface area contributed by atoms with Gasteiger partial charge in [0.25, 0.3) is 5.91 Å². The number of rotatable bonds is 4. The van der Waals surface area contributed by atoms with E-state index in [-0.39, 0.29) is 12.5 Å². The number of carbonyl (C=O) groups excluding carboxylic acids is 1. The van der Waals surface area contributed by atoms with Gasteiger partial charge < -0.3 is 10.1 Å². The molecular formula is C17H15BrClNO2. The lowest BCUT2D eigenvalue weighted by Crippen LogP contribution is -2.20. The van der Waals surface area contributed by atoms with E-state index in [0.29, 0.717) is 10.8 Å². The number of carbonyl (C=O) groups is 1. The third-order valence-corrected chi connectivity index (χ3v) is 4.49. The zero-order chi connectivity index (χ0) is 15.5. The molecule has 0 aliphatic heterocycles. The minimum atomic E-state index is -0.181. The van der Waals surface area contributed by atoms with Crippen LogP contribution in [-0.4, -0.2) is 12.5 Å². The molecule has 2 aromatic rings. The third kappa shape index (κ3) is 3.62. The Balaban J connectivity index is 1.58. The largest absolute Gasteiger partial charge is 0.483 e. The molecule has 0 saturated heterocycles. The van der Waals surface area contributed by atoms with Crippen molar-refractivity contribution < 1.29 is 9.53 Å². The molecule has 1 aliphatic rings. The van der Waals surface area contributed by atoms with Gasteiger partial charge in [-0.1, -0.05) is 17.7 Å². The first-order valence-electron chi connectivity index (χ1n) is 7.11. The monoisotopic (exact) mass is 379 g/mol. The van der Waals surface area contributed by atoms with E-state index in [2.05, 4.69) is 33.4 Å². The predicted octanol–water partition coefficient (Wildman–Crippen LogP) is 4.61. The van der Waals surface area contributed by atoms with Crippen LogP contribution in [0.4, 0.5) is 5.69 Å². The van der Waals surface area contributed by atoms with Gasteiger partial charge in [-0.05, 0) is 76.7 Å². The molecule has 5 heteroatoms. The molecule has 0 spiro atoms. The van der Waals surface area contributed by atoms with Crippen LogP contribution in [0.1, 0.15) is 17.5 Å². The third-order valence-electron chi connectivity index (χ3n) is 3.63. The Kier molecular flexibility index (Phi) is 4.69. The summed E-state index contributed by atoms with van der Waals surface area (Å²) in [5, 5.41) is 3.48. The Labute approximate surface area is 142 Å². The van der Waals surface area contributed by atoms with Crippen molar-refractivity contribution in [1.29, 1.82) is 0 Å². The average Bonchev–Trinajstić information content (AvgIpc) is 2.94. The second-order valence-electron chi connectivity index (χ2n) is 5.25. The minimum Gasteiger partial charge on any atom is -0.483 e. The number of halogens is 2. The Bertz CT molecular complexity index is 718. The van der Waals surface area contributed by atoms with Crippen LogP contribution in [0.3, 0.4) is 0 Å². The molecule has 3 nitrogen and oxygen atoms in total. The van der Waals surface area contributed by atoms with E-state index >= 15 is 0 Å². The molecule has 1 N–H and O–H groups in total. The number of amides is 1. The van der Waals surface area contributed by atoms with Crippen molar-refractivity contribution in [2.75, 3.05) is 11.9 Å². The van der Waals surface area contributed by atoms with Crippen LogP contribution in [0.15, 0.2) is 40.9 Å². The molecule has 0 fully saturated rings. The Morgan fingerprint density at radius 2 is 2.00 bits per heavy atom. The first kappa shape index (κ1) is 15.4. The molecule has 1 aliphatic carbocycles. The van der Waals surface area contributed by atoms with Crippen molar-refractivity contribution in [3.8, 4) is 5.75 Å². The summed E-state index contributed by atoms with van der Waals surface area (Å²) in [6.07, 6.45) is 3.42. The van der Waals surface area contributed by atoms with Crippen LogP contribution in [0, 0.1) is 0 Å². The predicted molar refractivity (Wildman–Crippen MR) is 91.7 cm³/mol. The van der Waals surface area contributed by atoms with Gasteiger partial charge in [0.1, 0.15) is 5.75 Å². The van der Waals surface area contributed by atoms with Gasteiger partial charge in [-0.15, -0.1) is 0 Å². The first-order chi connectivity index (χ1) is 10.6. The fourth-order valence-corrected chi connectivity index (χ4v) is 3.38. The lowest BCUT2D eigenvalue weighted by Gasteiger charge is -2.10. The van der Waals surface area contributed by atoms with E-state index in [1.54, 1.807) is 18.2 Å². The van der Waals surface area contributed by atoms with Gasteiger partial charge in [-0.25, -0.2) is 0 Å². The molecule has 0 radical (unpaired) electrons. The van der Waals surface area contributed by atoms with E-state index in [1.165, 1.54) is 17.5 Å². The van der Waals surface area contributed by atoms with Crippen molar-refractivity contribution in [2.24, 2.45) is 0 Å². The normalized spacial score (nSPS) is 12.8. The van der Waals surface area contributed by atoms with Gasteiger partial charge in [0.2, 0.25) is 0 Å². The van der Waals surface area contributed by atoms with Crippen molar-refractivity contribution >= 4 is 39.1 Å². The number of ether oxygens (including phenoxy) is 1. The fraction of sp³-hybridized carbons (Fsp3) is 0.235. The van der Waals surface area contributed by atoms with E-state index in [9.17, 15) is 4.79 Å². The van der Waals surface area contributed by atoms with E-state index in [1.807, 2.05) is 6.07 Å². The smallest absolute Gasteiger partial charge is 0.262 e. The summed E-state index contributed by atoms with van der Waals surface area (Å²) >= 11 is 9.23. The number of aryl methyl sites for hydroxylation is 2. The summed E-state index contributed by atoms with van der Waals surface area (Å²) in [5.41, 5.74) is 3.54. The molecule has 2 aromatic carbocycles. The molecule has 0 unspecified atom stereocenters. The van der Waals surface area contributed by atoms with Gasteiger partial charge in [0, 0.05) is 10.7 Å². The molecular weight excluding hydrogens is 366 g/mol. The lowest BCUT2D eigenvalue weighted by molar-refractivity contribution is -0.118. The van der Waals surface area contributed by atoms with Gasteiger partial charge >= 0.3 is 0 Å². The van der Waals surface area contributed by atoms with Crippen LogP contribution in [0.5, 0.6) is 5.75 Å². The molecule has 22 heavy (non-hydrogen) atoms. The summed E-state index contributed by atoms with van der Waals surface area (Å²) < 4.78 is 6.23. The lowest BCUT2D eigenvalue weighted by atomic mass is 10.1. The molecule has 3 rings (SSSR count). The number of nitrogens with one attached hydrogen (secondary N) is 1. The van der Waals surface area contributed by atoms with Crippen molar-refractivity contribution in [3.63, 3.8) is 0 Å². The second kappa shape index (κ2) is 6.71. The highest BCUT2D eigenvalue weighted by Crippen LogP contribution is 2.28. The van der Waals surface area contributed by atoms with Gasteiger partial charge in [-0.3, -0.25) is 4.79 Å². The fourth-order valence-electron chi connectivity index (χ4n) is 2.58. The molecule has 0 atom stereocenters. The van der Waals surface area contributed by atoms with E-state index in [0.717, 1.165) is 23.0 Å². The summed E-state index contributed by atoms with van der Waals surface area (Å²) in [6, 6.07) is 11.3. The van der Waals surface area contributed by atoms with Crippen LogP contribution >= 0.6 is 27.5 Å². The number of hydrogen-bond acceptors (Lipinski definition) is 2. The maximum Gasteiger partial charge on any atom is 0.262 e. The van der Waals surface area contributed by atoms with Crippen LogP contribution in [0.25, 0.3) is 0 Å². The molecule has 0 heterocycles. The summed E-state index contributed by atoms with van der Waals surface area (Å²) in [4.78, 5) is 12.0. The summed E-state index contributed by atoms with van der Waals surface area (Å²) in [7, 11) is 0. The molecule has 114 valence electrons. The van der Waals surface area contributed by atoms with Crippen molar-refractivity contribution in [3.05, 3.63) is 57.0 Å². The zero-order valence-electron chi connectivity index (χ0n) is 11.9. The van der Waals surface area contributed by atoms with Gasteiger partial charge in [-0.2, -0.15) is 0 Å². The average molecular weight is 381 g/mol. The van der Waals surface area contributed by atoms with Gasteiger partial charge in [0.05, 0.1) is 4.47 Å². The SMILES string of the molecule is O=C(COc1ccc(Cl)cc1Br)Nc1ccc2c(c1)CCC2. The maximum atomic E-state index is 12.0. The standard InChI is InChI=1S/C17H15BrClNO2/c18-15-9-13(19)5-7-16(15)22-10-17(21)20-14-6-4-11-2-1-3-12(11)8-14/h4-9H,1-3,10H2,(H,20,21). The first-order valence-corrected chi connectivity index (χ1v) is 8.28. The van der Waals surface area contributed by atoms with Gasteiger partial charge in [0.15, 0.2) is 6.61 Å². The Hall–Kier alpha value is -1.52. The van der Waals surface area contributed by atoms with Crippen LogP contribution < -0.4 is 10.1 Å². The van der Waals surface area contributed by atoms with Crippen LogP contribution in [0.2, 0.25) is 5.02 Å². The number of benzene rings is 2. The quantitative estimate of drug-likeness (QED) is 0.841. The maximum absolute atomic E-state index is 12.0. The summed E-state index contributed by atoms with van der Waals surface area (Å²) in [5.74, 6) is 0.410. The highest BCUT2D eigenvalue weighted by molar-refractivity contribution is 9.10. The Morgan fingerprint density at radius 1 is 1.18 bits per heavy atom. The van der Waals surface area contributed by atoms with E-state index in [4.69, 9.17) is 16.3 Å². The van der Waals surface area contributed by atoms with Crippen LogP contribution in [-0.2, 0) is 17.6 Å². The highest BCUT2D eigenvalue weighted by Gasteiger charge is 2.12. The zero-order valence-corrected chi connectivity index (χ0v) is 14.2. The second-order valence-corrected chi connectivity index (χ2v) is 6.54. The number of anilines is 1. The van der Waals surface area contributed by atoms with Crippen molar-refractivity contribution in [2.45, 2.75) is 19.3 Å². The topological polar surface area (TPSA) is 38.3 Å². The number of hydrogen-bond donors (Lipinski definition) is 1. The highest BCUT2D eigenvalue weighted by atomic mass is 79.9.